The lowest BCUT2D eigenvalue weighted by Crippen LogP contribution is -2.48. The van der Waals surface area contributed by atoms with Crippen molar-refractivity contribution in [1.29, 1.82) is 0 Å². The van der Waals surface area contributed by atoms with Gasteiger partial charge >= 0.3 is 17.9 Å². The van der Waals surface area contributed by atoms with Crippen LogP contribution in [0.1, 0.15) is 31.1 Å². The van der Waals surface area contributed by atoms with E-state index >= 15 is 0 Å². The van der Waals surface area contributed by atoms with Gasteiger partial charge in [0.2, 0.25) is 0 Å². The van der Waals surface area contributed by atoms with Gasteiger partial charge in [0.15, 0.2) is 18.3 Å². The van der Waals surface area contributed by atoms with Gasteiger partial charge in [-0.05, 0) is 36.4 Å². The molecule has 3 atom stereocenters. The van der Waals surface area contributed by atoms with Crippen LogP contribution in [0.2, 0.25) is 0 Å². The second-order valence-electron chi connectivity index (χ2n) is 8.21. The maximum atomic E-state index is 13.1. The zero-order valence-electron chi connectivity index (χ0n) is 21.6. The predicted molar refractivity (Wildman–Crippen MR) is 143 cm³/mol. The molecule has 3 aromatic carbocycles. The van der Waals surface area contributed by atoms with Crippen molar-refractivity contribution in [2.24, 2.45) is 5.16 Å². The molecule has 0 aliphatic rings. The molecule has 40 heavy (non-hydrogen) atoms. The number of benzene rings is 3. The van der Waals surface area contributed by atoms with Gasteiger partial charge in [0.1, 0.15) is 13.7 Å². The van der Waals surface area contributed by atoms with Crippen LogP contribution in [0.4, 0.5) is 0 Å². The molecular formula is C28H27NO10S. The van der Waals surface area contributed by atoms with Gasteiger partial charge in [-0.25, -0.2) is 14.4 Å². The minimum Gasteiger partial charge on any atom is -0.459 e. The standard InChI is InChI=1S/C28H27NO10S/c1-35-29-18-23(37-27(31)21-14-8-4-9-15-21)25(38-28(32)22-16-10-5-11-17-22)24(39-40(2,33)34)19-36-26(30)20-12-6-3-7-13-20/h3-18,23-25H,19H2,1-2H3/b29-18+/t23-,24-,25-/m0/s1. The molecule has 0 aliphatic carbocycles. The molecule has 3 aromatic rings. The zero-order valence-corrected chi connectivity index (χ0v) is 22.4. The third-order valence-electron chi connectivity index (χ3n) is 5.20. The molecule has 0 aromatic heterocycles. The molecule has 11 nitrogen and oxygen atoms in total. The maximum absolute atomic E-state index is 13.1. The van der Waals surface area contributed by atoms with Crippen LogP contribution in [0, 0.1) is 0 Å². The van der Waals surface area contributed by atoms with Crippen molar-refractivity contribution >= 4 is 34.2 Å². The summed E-state index contributed by atoms with van der Waals surface area (Å²) in [7, 11) is -2.99. The van der Waals surface area contributed by atoms with Gasteiger partial charge in [-0.15, -0.1) is 0 Å². The smallest absolute Gasteiger partial charge is 0.338 e. The summed E-state index contributed by atoms with van der Waals surface area (Å²) in [6.45, 7) is -0.701. The second kappa shape index (κ2) is 14.6. The van der Waals surface area contributed by atoms with E-state index in [-0.39, 0.29) is 16.7 Å². The Morgan fingerprint density at radius 3 is 1.65 bits per heavy atom. The Hall–Kier alpha value is -4.55. The topological polar surface area (TPSA) is 144 Å². The van der Waals surface area contributed by atoms with Crippen LogP contribution in [-0.2, 0) is 33.3 Å². The Labute approximate surface area is 231 Å². The van der Waals surface area contributed by atoms with Gasteiger partial charge in [0.25, 0.3) is 10.1 Å². The van der Waals surface area contributed by atoms with Crippen LogP contribution < -0.4 is 0 Å². The van der Waals surface area contributed by atoms with Crippen LogP contribution in [-0.4, -0.2) is 70.8 Å². The number of nitrogens with zero attached hydrogens (tertiary/aromatic N) is 1. The van der Waals surface area contributed by atoms with Crippen LogP contribution in [0.5, 0.6) is 0 Å². The van der Waals surface area contributed by atoms with Crippen LogP contribution in [0.15, 0.2) is 96.2 Å². The van der Waals surface area contributed by atoms with Crippen molar-refractivity contribution in [3.05, 3.63) is 108 Å². The van der Waals surface area contributed by atoms with Crippen LogP contribution in [0.25, 0.3) is 0 Å². The molecule has 0 bridgehead atoms. The Balaban J connectivity index is 1.99. The van der Waals surface area contributed by atoms with Crippen molar-refractivity contribution in [2.75, 3.05) is 20.0 Å². The molecule has 0 heterocycles. The first-order chi connectivity index (χ1) is 19.2. The second-order valence-corrected chi connectivity index (χ2v) is 9.81. The lowest BCUT2D eigenvalue weighted by Gasteiger charge is -2.30. The summed E-state index contributed by atoms with van der Waals surface area (Å²) in [5.41, 5.74) is 0.456. The van der Waals surface area contributed by atoms with E-state index in [1.54, 1.807) is 54.6 Å². The third-order valence-corrected chi connectivity index (χ3v) is 5.79. The molecular weight excluding hydrogens is 542 g/mol. The number of hydrogen-bond donors (Lipinski definition) is 0. The molecule has 0 amide bonds. The van der Waals surface area contributed by atoms with Crippen molar-refractivity contribution in [2.45, 2.75) is 18.3 Å². The molecule has 0 saturated carbocycles. The molecule has 0 unspecified atom stereocenters. The summed E-state index contributed by atoms with van der Waals surface area (Å²) >= 11 is 0. The van der Waals surface area contributed by atoms with E-state index in [1.807, 2.05) is 0 Å². The number of carbonyl (C=O) groups is 3. The quantitative estimate of drug-likeness (QED) is 0.0989. The van der Waals surface area contributed by atoms with E-state index in [2.05, 4.69) is 5.16 Å². The molecule has 0 N–H and O–H groups in total. The maximum Gasteiger partial charge on any atom is 0.338 e. The monoisotopic (exact) mass is 569 g/mol. The van der Waals surface area contributed by atoms with Crippen molar-refractivity contribution < 1.29 is 46.0 Å². The highest BCUT2D eigenvalue weighted by molar-refractivity contribution is 7.86. The third kappa shape index (κ3) is 9.33. The summed E-state index contributed by atoms with van der Waals surface area (Å²) in [5, 5.41) is 3.64. The number of esters is 3. The molecule has 0 aliphatic heterocycles. The summed E-state index contributed by atoms with van der Waals surface area (Å²) in [5.74, 6) is -2.53. The van der Waals surface area contributed by atoms with Crippen molar-refractivity contribution in [3.63, 3.8) is 0 Å². The Bertz CT molecular complexity index is 1400. The van der Waals surface area contributed by atoms with E-state index in [0.717, 1.165) is 12.5 Å². The summed E-state index contributed by atoms with van der Waals surface area (Å²) in [6, 6.07) is 23.6. The van der Waals surface area contributed by atoms with E-state index in [0.29, 0.717) is 0 Å². The van der Waals surface area contributed by atoms with Gasteiger partial charge in [0.05, 0.1) is 29.2 Å². The number of oxime groups is 1. The molecule has 210 valence electrons. The summed E-state index contributed by atoms with van der Waals surface area (Å²) in [4.78, 5) is 43.3. The fraction of sp³-hybridized carbons (Fsp3) is 0.214. The van der Waals surface area contributed by atoms with E-state index in [4.69, 9.17) is 23.2 Å². The minimum absolute atomic E-state index is 0.115. The fourth-order valence-corrected chi connectivity index (χ4v) is 4.02. The van der Waals surface area contributed by atoms with E-state index in [1.165, 1.54) is 43.5 Å². The van der Waals surface area contributed by atoms with Gasteiger partial charge in [-0.1, -0.05) is 59.8 Å². The highest BCUT2D eigenvalue weighted by Crippen LogP contribution is 2.19. The lowest BCUT2D eigenvalue weighted by atomic mass is 10.1. The normalized spacial score (nSPS) is 13.6. The molecule has 0 fully saturated rings. The first-order valence-electron chi connectivity index (χ1n) is 11.9. The number of ether oxygens (including phenoxy) is 3. The van der Waals surface area contributed by atoms with Crippen molar-refractivity contribution in [1.82, 2.24) is 0 Å². The van der Waals surface area contributed by atoms with Crippen molar-refractivity contribution in [3.8, 4) is 0 Å². The van der Waals surface area contributed by atoms with E-state index < -0.39 is 52.9 Å². The summed E-state index contributed by atoms with van der Waals surface area (Å²) < 4.78 is 46.2. The predicted octanol–water partition coefficient (Wildman–Crippen LogP) is 3.27. The molecule has 0 radical (unpaired) electrons. The fourth-order valence-electron chi connectivity index (χ4n) is 3.41. The number of rotatable bonds is 13. The molecule has 3 rings (SSSR count). The Morgan fingerprint density at radius 1 is 0.750 bits per heavy atom. The summed E-state index contributed by atoms with van der Waals surface area (Å²) in [6.07, 6.45) is -3.10. The van der Waals surface area contributed by atoms with Gasteiger partial charge in [0, 0.05) is 0 Å². The SMILES string of the molecule is CO/N=C/[C@H](OC(=O)c1ccccc1)[C@H](OC(=O)c1ccccc1)[C@H](COC(=O)c1ccccc1)OS(C)(=O)=O. The highest BCUT2D eigenvalue weighted by atomic mass is 32.2. The molecule has 0 saturated heterocycles. The molecule has 12 heteroatoms. The Morgan fingerprint density at radius 2 is 1.20 bits per heavy atom. The van der Waals surface area contributed by atoms with E-state index in [9.17, 15) is 22.8 Å². The van der Waals surface area contributed by atoms with Gasteiger partial charge in [-0.3, -0.25) is 4.18 Å². The van der Waals surface area contributed by atoms with Crippen LogP contribution in [0.3, 0.4) is 0 Å². The van der Waals surface area contributed by atoms with Gasteiger partial charge in [-0.2, -0.15) is 8.42 Å². The largest absolute Gasteiger partial charge is 0.459 e. The number of carbonyl (C=O) groups excluding carboxylic acids is 3. The first-order valence-corrected chi connectivity index (χ1v) is 13.7. The number of hydrogen-bond acceptors (Lipinski definition) is 11. The molecule has 0 spiro atoms. The Kier molecular flexibility index (Phi) is 10.9. The lowest BCUT2D eigenvalue weighted by molar-refractivity contribution is -0.0683. The zero-order chi connectivity index (χ0) is 29.0. The average Bonchev–Trinajstić information content (AvgIpc) is 2.96. The average molecular weight is 570 g/mol. The first kappa shape index (κ1) is 30.0. The van der Waals surface area contributed by atoms with Crippen LogP contribution >= 0.6 is 0 Å². The van der Waals surface area contributed by atoms with Gasteiger partial charge < -0.3 is 19.0 Å². The minimum atomic E-state index is -4.21. The highest BCUT2D eigenvalue weighted by Gasteiger charge is 2.39.